The highest BCUT2D eigenvalue weighted by Crippen LogP contribution is 2.19. The number of rotatable bonds is 4. The average molecular weight is 315 g/mol. The Morgan fingerprint density at radius 1 is 1.50 bits per heavy atom. The lowest BCUT2D eigenvalue weighted by Crippen LogP contribution is -2.52. The maximum Gasteiger partial charge on any atom is 0.329 e. The number of amides is 1. The summed E-state index contributed by atoms with van der Waals surface area (Å²) < 4.78 is 0.539. The fourth-order valence-electron chi connectivity index (χ4n) is 1.60. The van der Waals surface area contributed by atoms with Gasteiger partial charge < -0.3 is 10.0 Å². The van der Waals surface area contributed by atoms with Crippen LogP contribution >= 0.6 is 15.9 Å². The Bertz CT molecular complexity index is 474. The molecule has 0 saturated carbocycles. The minimum atomic E-state index is -1.25. The van der Waals surface area contributed by atoms with E-state index in [1.165, 1.54) is 24.9 Å². The highest BCUT2D eigenvalue weighted by Gasteiger charge is 2.37. The van der Waals surface area contributed by atoms with Crippen LogP contribution < -0.4 is 0 Å². The van der Waals surface area contributed by atoms with Crippen LogP contribution in [0.1, 0.15) is 31.1 Å². The van der Waals surface area contributed by atoms with Crippen molar-refractivity contribution in [2.75, 3.05) is 6.54 Å². The van der Waals surface area contributed by atoms with Crippen LogP contribution in [0.25, 0.3) is 0 Å². The van der Waals surface area contributed by atoms with Gasteiger partial charge in [0.15, 0.2) is 0 Å². The van der Waals surface area contributed by atoms with Gasteiger partial charge in [-0.3, -0.25) is 4.79 Å². The molecule has 0 fully saturated rings. The van der Waals surface area contributed by atoms with Crippen LogP contribution in [0.15, 0.2) is 22.9 Å². The number of hydrogen-bond donors (Lipinski definition) is 1. The van der Waals surface area contributed by atoms with Crippen LogP contribution in [0.5, 0.6) is 0 Å². The van der Waals surface area contributed by atoms with E-state index in [4.69, 9.17) is 0 Å². The van der Waals surface area contributed by atoms with Crippen molar-refractivity contribution in [3.63, 3.8) is 0 Å². The Labute approximate surface area is 114 Å². The van der Waals surface area contributed by atoms with Gasteiger partial charge in [0, 0.05) is 18.3 Å². The largest absolute Gasteiger partial charge is 0.480 e. The Kier molecular flexibility index (Phi) is 4.45. The quantitative estimate of drug-likeness (QED) is 0.865. The van der Waals surface area contributed by atoms with E-state index in [0.717, 1.165) is 0 Å². The fourth-order valence-corrected chi connectivity index (χ4v) is 1.96. The zero-order valence-electron chi connectivity index (χ0n) is 10.5. The minimum absolute atomic E-state index is 0.318. The van der Waals surface area contributed by atoms with Gasteiger partial charge in [0.1, 0.15) is 10.1 Å². The van der Waals surface area contributed by atoms with Gasteiger partial charge in [-0.15, -0.1) is 0 Å². The van der Waals surface area contributed by atoms with Crippen molar-refractivity contribution in [3.8, 4) is 0 Å². The van der Waals surface area contributed by atoms with E-state index in [1.807, 2.05) is 0 Å². The van der Waals surface area contributed by atoms with E-state index in [-0.39, 0.29) is 5.91 Å². The molecule has 0 saturated heterocycles. The molecule has 1 amide bonds. The average Bonchev–Trinajstić information content (AvgIpc) is 2.29. The second-order valence-electron chi connectivity index (χ2n) is 4.28. The minimum Gasteiger partial charge on any atom is -0.480 e. The molecule has 0 aromatic carbocycles. The Morgan fingerprint density at radius 2 is 2.11 bits per heavy atom. The molecule has 98 valence electrons. The van der Waals surface area contributed by atoms with E-state index >= 15 is 0 Å². The summed E-state index contributed by atoms with van der Waals surface area (Å²) in [5.41, 5.74) is -0.838. The van der Waals surface area contributed by atoms with Crippen LogP contribution in [0.2, 0.25) is 0 Å². The van der Waals surface area contributed by atoms with Crippen LogP contribution in [-0.2, 0) is 4.79 Å². The number of halogens is 1. The second-order valence-corrected chi connectivity index (χ2v) is 5.09. The predicted molar refractivity (Wildman–Crippen MR) is 70.4 cm³/mol. The van der Waals surface area contributed by atoms with Gasteiger partial charge in [-0.2, -0.15) is 0 Å². The van der Waals surface area contributed by atoms with Gasteiger partial charge in [0.25, 0.3) is 5.91 Å². The van der Waals surface area contributed by atoms with Crippen LogP contribution in [0.3, 0.4) is 0 Å². The molecule has 1 aromatic heterocycles. The number of carboxylic acids is 1. The number of likely N-dealkylation sites (N-methyl/N-ethyl adjacent to an activating group) is 1. The van der Waals surface area contributed by atoms with Gasteiger partial charge in [-0.1, -0.05) is 0 Å². The number of carbonyl (C=O) groups excluding carboxylic acids is 1. The first-order valence-corrected chi connectivity index (χ1v) is 6.27. The monoisotopic (exact) mass is 314 g/mol. The smallest absolute Gasteiger partial charge is 0.329 e. The van der Waals surface area contributed by atoms with Crippen LogP contribution in [0, 0.1) is 0 Å². The topological polar surface area (TPSA) is 70.5 Å². The standard InChI is InChI=1S/C12H15BrN2O3/c1-4-15(12(2,3)11(17)18)10(16)8-5-6-14-9(13)7-8/h5-7H,4H2,1-3H3,(H,17,18). The number of hydrogen-bond acceptors (Lipinski definition) is 3. The number of aliphatic carboxylic acids is 1. The van der Waals surface area contributed by atoms with Crippen molar-refractivity contribution in [1.82, 2.24) is 9.88 Å². The number of carbonyl (C=O) groups is 2. The lowest BCUT2D eigenvalue weighted by Gasteiger charge is -2.34. The van der Waals surface area contributed by atoms with E-state index < -0.39 is 11.5 Å². The molecular formula is C12H15BrN2O3. The molecule has 5 nitrogen and oxygen atoms in total. The Hall–Kier alpha value is -1.43. The first-order chi connectivity index (χ1) is 8.30. The molecule has 0 spiro atoms. The number of carboxylic acid groups (broad SMARTS) is 1. The summed E-state index contributed by atoms with van der Waals surface area (Å²) in [6, 6.07) is 3.14. The summed E-state index contributed by atoms with van der Waals surface area (Å²) in [5, 5.41) is 9.18. The summed E-state index contributed by atoms with van der Waals surface area (Å²) in [6.45, 7) is 5.08. The van der Waals surface area contributed by atoms with E-state index in [1.54, 1.807) is 19.1 Å². The van der Waals surface area contributed by atoms with E-state index in [2.05, 4.69) is 20.9 Å². The highest BCUT2D eigenvalue weighted by molar-refractivity contribution is 9.10. The molecule has 0 aliphatic heterocycles. The van der Waals surface area contributed by atoms with Crippen molar-refractivity contribution in [3.05, 3.63) is 28.5 Å². The first kappa shape index (κ1) is 14.6. The van der Waals surface area contributed by atoms with Gasteiger partial charge >= 0.3 is 5.97 Å². The summed E-state index contributed by atoms with van der Waals surface area (Å²) in [4.78, 5) is 28.8. The lowest BCUT2D eigenvalue weighted by molar-refractivity contribution is -0.147. The van der Waals surface area contributed by atoms with Crippen LogP contribution in [0.4, 0.5) is 0 Å². The third-order valence-corrected chi connectivity index (χ3v) is 3.17. The van der Waals surface area contributed by atoms with Gasteiger partial charge in [-0.25, -0.2) is 9.78 Å². The van der Waals surface area contributed by atoms with Crippen molar-refractivity contribution in [2.24, 2.45) is 0 Å². The summed E-state index contributed by atoms with van der Waals surface area (Å²) in [6.07, 6.45) is 1.50. The lowest BCUT2D eigenvalue weighted by atomic mass is 10.0. The molecule has 0 unspecified atom stereocenters. The number of aromatic nitrogens is 1. The van der Waals surface area contributed by atoms with Crippen molar-refractivity contribution in [1.29, 1.82) is 0 Å². The molecule has 0 aliphatic rings. The van der Waals surface area contributed by atoms with Gasteiger partial charge in [0.05, 0.1) is 0 Å². The zero-order chi connectivity index (χ0) is 13.9. The molecule has 0 aliphatic carbocycles. The van der Waals surface area contributed by atoms with Crippen LogP contribution in [-0.4, -0.2) is 39.0 Å². The van der Waals surface area contributed by atoms with E-state index in [9.17, 15) is 14.7 Å². The first-order valence-electron chi connectivity index (χ1n) is 5.47. The molecular weight excluding hydrogens is 300 g/mol. The molecule has 6 heteroatoms. The van der Waals surface area contributed by atoms with Crippen molar-refractivity contribution >= 4 is 27.8 Å². The van der Waals surface area contributed by atoms with E-state index in [0.29, 0.717) is 16.7 Å². The number of pyridine rings is 1. The number of nitrogens with zero attached hydrogens (tertiary/aromatic N) is 2. The Balaban J connectivity index is 3.11. The molecule has 0 radical (unpaired) electrons. The third kappa shape index (κ3) is 2.87. The van der Waals surface area contributed by atoms with Gasteiger partial charge in [-0.05, 0) is 48.8 Å². The zero-order valence-corrected chi connectivity index (χ0v) is 12.1. The van der Waals surface area contributed by atoms with Crippen molar-refractivity contribution in [2.45, 2.75) is 26.3 Å². The summed E-state index contributed by atoms with van der Waals surface area (Å²) in [7, 11) is 0. The fraction of sp³-hybridized carbons (Fsp3) is 0.417. The molecule has 1 aromatic rings. The van der Waals surface area contributed by atoms with Gasteiger partial charge in [0.2, 0.25) is 0 Å². The molecule has 18 heavy (non-hydrogen) atoms. The maximum absolute atomic E-state index is 12.3. The summed E-state index contributed by atoms with van der Waals surface area (Å²) >= 11 is 3.18. The predicted octanol–water partition coefficient (Wildman–Crippen LogP) is 2.17. The highest BCUT2D eigenvalue weighted by atomic mass is 79.9. The molecule has 1 N–H and O–H groups in total. The normalized spacial score (nSPS) is 11.1. The summed E-state index contributed by atoms with van der Waals surface area (Å²) in [5.74, 6) is -1.36. The third-order valence-electron chi connectivity index (χ3n) is 2.73. The molecule has 0 atom stereocenters. The molecule has 0 bridgehead atoms. The Morgan fingerprint density at radius 3 is 2.56 bits per heavy atom. The molecule has 1 rings (SSSR count). The molecule has 1 heterocycles. The SMILES string of the molecule is CCN(C(=O)c1ccnc(Br)c1)C(C)(C)C(=O)O. The van der Waals surface area contributed by atoms with Crippen molar-refractivity contribution < 1.29 is 14.7 Å². The second kappa shape index (κ2) is 5.48. The maximum atomic E-state index is 12.3.